The molecule has 0 unspecified atom stereocenters. The molecule has 0 aromatic heterocycles. The highest BCUT2D eigenvalue weighted by atomic mass is 16.4. The molecule has 0 radical (unpaired) electrons. The molecular weight excluding hydrogens is 204 g/mol. The van der Waals surface area contributed by atoms with Gasteiger partial charge in [0.25, 0.3) is 0 Å². The van der Waals surface area contributed by atoms with E-state index >= 15 is 0 Å². The Bertz CT molecular complexity index is 319. The van der Waals surface area contributed by atoms with E-state index in [4.69, 9.17) is 5.11 Å². The summed E-state index contributed by atoms with van der Waals surface area (Å²) in [6.45, 7) is 1.53. The van der Waals surface area contributed by atoms with Crippen molar-refractivity contribution < 1.29 is 15.0 Å². The summed E-state index contributed by atoms with van der Waals surface area (Å²) in [5, 5.41) is 18.2. The average molecular weight is 222 g/mol. The number of rotatable bonds is 6. The first-order valence-electron chi connectivity index (χ1n) is 5.56. The van der Waals surface area contributed by atoms with Gasteiger partial charge in [0.1, 0.15) is 0 Å². The fourth-order valence-corrected chi connectivity index (χ4v) is 1.74. The lowest BCUT2D eigenvalue weighted by Gasteiger charge is -2.14. The number of hydrogen-bond acceptors (Lipinski definition) is 2. The number of aryl methyl sites for hydroxylation is 1. The van der Waals surface area contributed by atoms with E-state index in [1.165, 1.54) is 12.5 Å². The standard InChI is InChI=1S/C13H18O3/c1-10(14)12(13(15)16)9-5-8-11-6-3-2-4-7-11/h2-4,6-7,10,12,14H,5,8-9H2,1H3,(H,15,16)/t10-,12-/m0/s1. The number of carboxylic acid groups (broad SMARTS) is 1. The second kappa shape index (κ2) is 6.28. The highest BCUT2D eigenvalue weighted by Crippen LogP contribution is 2.14. The quantitative estimate of drug-likeness (QED) is 0.774. The number of aliphatic hydroxyl groups is 1. The number of hydrogen-bond donors (Lipinski definition) is 2. The molecule has 2 N–H and O–H groups in total. The first-order valence-corrected chi connectivity index (χ1v) is 5.56. The van der Waals surface area contributed by atoms with Crippen molar-refractivity contribution in [3.63, 3.8) is 0 Å². The summed E-state index contributed by atoms with van der Waals surface area (Å²) >= 11 is 0. The second-order valence-corrected chi connectivity index (χ2v) is 4.06. The van der Waals surface area contributed by atoms with Crippen molar-refractivity contribution in [3.05, 3.63) is 35.9 Å². The number of aliphatic hydroxyl groups excluding tert-OH is 1. The van der Waals surface area contributed by atoms with Gasteiger partial charge in [0.15, 0.2) is 0 Å². The molecule has 88 valence electrons. The molecule has 0 aliphatic heterocycles. The Balaban J connectivity index is 2.37. The second-order valence-electron chi connectivity index (χ2n) is 4.06. The monoisotopic (exact) mass is 222 g/mol. The maximum absolute atomic E-state index is 10.8. The van der Waals surface area contributed by atoms with Crippen LogP contribution in [0.3, 0.4) is 0 Å². The van der Waals surface area contributed by atoms with Crippen LogP contribution in [-0.2, 0) is 11.2 Å². The maximum atomic E-state index is 10.8. The van der Waals surface area contributed by atoms with Gasteiger partial charge in [-0.15, -0.1) is 0 Å². The largest absolute Gasteiger partial charge is 0.481 e. The molecule has 0 saturated heterocycles. The maximum Gasteiger partial charge on any atom is 0.309 e. The van der Waals surface area contributed by atoms with Crippen LogP contribution < -0.4 is 0 Å². The highest BCUT2D eigenvalue weighted by Gasteiger charge is 2.22. The molecule has 0 amide bonds. The van der Waals surface area contributed by atoms with Gasteiger partial charge in [0, 0.05) is 0 Å². The number of benzene rings is 1. The zero-order valence-corrected chi connectivity index (χ0v) is 9.47. The molecule has 0 bridgehead atoms. The van der Waals surface area contributed by atoms with Crippen LogP contribution in [0.25, 0.3) is 0 Å². The lowest BCUT2D eigenvalue weighted by molar-refractivity contribution is -0.145. The Labute approximate surface area is 95.7 Å². The smallest absolute Gasteiger partial charge is 0.309 e. The predicted octanol–water partition coefficient (Wildman–Crippen LogP) is 2.09. The summed E-state index contributed by atoms with van der Waals surface area (Å²) in [5.74, 6) is -1.56. The molecule has 2 atom stereocenters. The molecule has 16 heavy (non-hydrogen) atoms. The van der Waals surface area contributed by atoms with Crippen molar-refractivity contribution in [2.24, 2.45) is 5.92 Å². The van der Waals surface area contributed by atoms with Crippen LogP contribution in [0, 0.1) is 5.92 Å². The molecular formula is C13H18O3. The zero-order valence-electron chi connectivity index (χ0n) is 9.47. The van der Waals surface area contributed by atoms with E-state index in [0.717, 1.165) is 12.8 Å². The number of aliphatic carboxylic acids is 1. The van der Waals surface area contributed by atoms with Crippen LogP contribution in [0.1, 0.15) is 25.3 Å². The Morgan fingerprint density at radius 3 is 2.44 bits per heavy atom. The summed E-state index contributed by atoms with van der Waals surface area (Å²) in [5.41, 5.74) is 1.21. The molecule has 0 aliphatic rings. The van der Waals surface area contributed by atoms with Crippen LogP contribution in [0.4, 0.5) is 0 Å². The Kier molecular flexibility index (Phi) is 4.99. The van der Waals surface area contributed by atoms with E-state index in [9.17, 15) is 9.90 Å². The normalized spacial score (nSPS) is 14.4. The number of carbonyl (C=O) groups is 1. The Hall–Kier alpha value is -1.35. The van der Waals surface area contributed by atoms with Gasteiger partial charge in [-0.05, 0) is 31.7 Å². The summed E-state index contributed by atoms with van der Waals surface area (Å²) in [6, 6.07) is 9.95. The summed E-state index contributed by atoms with van der Waals surface area (Å²) in [4.78, 5) is 10.8. The summed E-state index contributed by atoms with van der Waals surface area (Å²) in [7, 11) is 0. The molecule has 0 saturated carbocycles. The lowest BCUT2D eigenvalue weighted by atomic mass is 9.95. The molecule has 0 spiro atoms. The first-order chi connectivity index (χ1) is 7.61. The third-order valence-electron chi connectivity index (χ3n) is 2.72. The van der Waals surface area contributed by atoms with Crippen molar-refractivity contribution in [1.82, 2.24) is 0 Å². The van der Waals surface area contributed by atoms with E-state index in [1.54, 1.807) is 0 Å². The van der Waals surface area contributed by atoms with E-state index in [-0.39, 0.29) is 0 Å². The summed E-state index contributed by atoms with van der Waals surface area (Å²) < 4.78 is 0. The highest BCUT2D eigenvalue weighted by molar-refractivity contribution is 5.70. The van der Waals surface area contributed by atoms with Gasteiger partial charge in [0.05, 0.1) is 12.0 Å². The minimum Gasteiger partial charge on any atom is -0.481 e. The third kappa shape index (κ3) is 4.03. The first kappa shape index (κ1) is 12.7. The van der Waals surface area contributed by atoms with Gasteiger partial charge in [0.2, 0.25) is 0 Å². The van der Waals surface area contributed by atoms with Crippen LogP contribution in [0.5, 0.6) is 0 Å². The Morgan fingerprint density at radius 1 is 1.31 bits per heavy atom. The molecule has 3 heteroatoms. The van der Waals surface area contributed by atoms with Crippen LogP contribution >= 0.6 is 0 Å². The van der Waals surface area contributed by atoms with Crippen molar-refractivity contribution in [2.75, 3.05) is 0 Å². The van der Waals surface area contributed by atoms with Crippen LogP contribution in [-0.4, -0.2) is 22.3 Å². The van der Waals surface area contributed by atoms with Gasteiger partial charge >= 0.3 is 5.97 Å². The van der Waals surface area contributed by atoms with Crippen molar-refractivity contribution in [3.8, 4) is 0 Å². The van der Waals surface area contributed by atoms with Crippen molar-refractivity contribution in [2.45, 2.75) is 32.3 Å². The van der Waals surface area contributed by atoms with Crippen molar-refractivity contribution >= 4 is 5.97 Å². The van der Waals surface area contributed by atoms with Crippen molar-refractivity contribution in [1.29, 1.82) is 0 Å². The van der Waals surface area contributed by atoms with Gasteiger partial charge in [-0.1, -0.05) is 30.3 Å². The average Bonchev–Trinajstić information content (AvgIpc) is 2.24. The van der Waals surface area contributed by atoms with E-state index in [2.05, 4.69) is 0 Å². The minimum absolute atomic E-state index is 0.516. The Morgan fingerprint density at radius 2 is 1.94 bits per heavy atom. The minimum atomic E-state index is -0.914. The molecule has 0 heterocycles. The number of carboxylic acids is 1. The molecule has 1 rings (SSSR count). The third-order valence-corrected chi connectivity index (χ3v) is 2.72. The molecule has 3 nitrogen and oxygen atoms in total. The summed E-state index contributed by atoms with van der Waals surface area (Å²) in [6.07, 6.45) is 1.37. The van der Waals surface area contributed by atoms with Gasteiger partial charge < -0.3 is 10.2 Å². The van der Waals surface area contributed by atoms with Crippen LogP contribution in [0.2, 0.25) is 0 Å². The zero-order chi connectivity index (χ0) is 12.0. The van der Waals surface area contributed by atoms with E-state index in [0.29, 0.717) is 6.42 Å². The van der Waals surface area contributed by atoms with Gasteiger partial charge in [-0.25, -0.2) is 0 Å². The lowest BCUT2D eigenvalue weighted by Crippen LogP contribution is -2.25. The molecule has 0 fully saturated rings. The molecule has 1 aromatic rings. The predicted molar refractivity (Wildman–Crippen MR) is 62.2 cm³/mol. The fourth-order valence-electron chi connectivity index (χ4n) is 1.74. The van der Waals surface area contributed by atoms with Gasteiger partial charge in [-0.3, -0.25) is 4.79 Å². The molecule has 0 aliphatic carbocycles. The van der Waals surface area contributed by atoms with E-state index in [1.807, 2.05) is 30.3 Å². The van der Waals surface area contributed by atoms with Crippen LogP contribution in [0.15, 0.2) is 30.3 Å². The molecule has 1 aromatic carbocycles. The fraction of sp³-hybridized carbons (Fsp3) is 0.462. The van der Waals surface area contributed by atoms with E-state index < -0.39 is 18.0 Å². The van der Waals surface area contributed by atoms with Gasteiger partial charge in [-0.2, -0.15) is 0 Å². The topological polar surface area (TPSA) is 57.5 Å². The SMILES string of the molecule is C[C@H](O)[C@H](CCCc1ccccc1)C(=O)O.